The van der Waals surface area contributed by atoms with Gasteiger partial charge in [-0.1, -0.05) is 0 Å². The minimum Gasteiger partial charge on any atom is -0.309 e. The molecule has 0 radical (unpaired) electrons. The second kappa shape index (κ2) is 6.58. The van der Waals surface area contributed by atoms with Gasteiger partial charge >= 0.3 is 0 Å². The minimum atomic E-state index is -2.28. The van der Waals surface area contributed by atoms with Crippen LogP contribution in [-0.2, 0) is 0 Å². The summed E-state index contributed by atoms with van der Waals surface area (Å²) in [6, 6.07) is 0.198. The Labute approximate surface area is 136 Å². The molecule has 22 heavy (non-hydrogen) atoms. The highest BCUT2D eigenvalue weighted by Crippen LogP contribution is 2.34. The lowest BCUT2D eigenvalue weighted by Gasteiger charge is -2.28. The average Bonchev–Trinajstić information content (AvgIpc) is 2.84. The molecule has 0 bridgehead atoms. The van der Waals surface area contributed by atoms with Gasteiger partial charge in [0.05, 0.1) is 12.2 Å². The maximum absolute atomic E-state index is 12.3. The van der Waals surface area contributed by atoms with Gasteiger partial charge in [0.2, 0.25) is 0 Å². The monoisotopic (exact) mass is 372 g/mol. The fourth-order valence-corrected chi connectivity index (χ4v) is 3.93. The van der Waals surface area contributed by atoms with Crippen molar-refractivity contribution < 1.29 is 8.78 Å². The van der Waals surface area contributed by atoms with Crippen molar-refractivity contribution in [2.45, 2.75) is 51.0 Å². The zero-order valence-electron chi connectivity index (χ0n) is 12.4. The molecule has 0 aromatic carbocycles. The lowest BCUT2D eigenvalue weighted by Crippen LogP contribution is -2.36. The van der Waals surface area contributed by atoms with E-state index in [1.807, 2.05) is 13.1 Å². The Balaban J connectivity index is 1.73. The molecule has 2 heterocycles. The van der Waals surface area contributed by atoms with Gasteiger partial charge in [-0.25, -0.2) is 13.8 Å². The fourth-order valence-electron chi connectivity index (χ4n) is 3.27. The normalized spacial score (nSPS) is 22.6. The Bertz CT molecular complexity index is 650. The van der Waals surface area contributed by atoms with Gasteiger partial charge in [0.1, 0.15) is 15.9 Å². The van der Waals surface area contributed by atoms with E-state index in [4.69, 9.17) is 0 Å². The van der Waals surface area contributed by atoms with Crippen molar-refractivity contribution in [3.8, 4) is 0 Å². The zero-order valence-corrected chi connectivity index (χ0v) is 14.0. The van der Waals surface area contributed by atoms with E-state index >= 15 is 0 Å². The van der Waals surface area contributed by atoms with Gasteiger partial charge in [0, 0.05) is 24.4 Å². The van der Waals surface area contributed by atoms with E-state index in [0.29, 0.717) is 5.92 Å². The summed E-state index contributed by atoms with van der Waals surface area (Å²) >= 11 is 3.52. The molecule has 0 saturated heterocycles. The Morgan fingerprint density at radius 1 is 1.36 bits per heavy atom. The molecule has 7 heteroatoms. The molecule has 0 amide bonds. The standard InChI is InChI=1S/C15H19BrF2N4/c1-9-13-14(16)21-15(22(13)7-6-19-9)10-2-4-11(5-3-10)20-8-12(17)18/h6-7,10-12,20H,2-5,8H2,1H3/t10-,11-. The third kappa shape index (κ3) is 3.15. The summed E-state index contributed by atoms with van der Waals surface area (Å²) in [4.78, 5) is 8.98. The summed E-state index contributed by atoms with van der Waals surface area (Å²) in [6.45, 7) is 1.76. The van der Waals surface area contributed by atoms with E-state index in [1.165, 1.54) is 0 Å². The van der Waals surface area contributed by atoms with Crippen molar-refractivity contribution in [2.75, 3.05) is 6.54 Å². The molecule has 0 atom stereocenters. The topological polar surface area (TPSA) is 42.2 Å². The third-order valence-corrected chi connectivity index (χ3v) is 4.93. The summed E-state index contributed by atoms with van der Waals surface area (Å²) in [5.74, 6) is 1.41. The first kappa shape index (κ1) is 15.8. The number of rotatable bonds is 4. The average molecular weight is 373 g/mol. The second-order valence-electron chi connectivity index (χ2n) is 5.84. The van der Waals surface area contributed by atoms with Crippen LogP contribution in [0, 0.1) is 6.92 Å². The number of aryl methyl sites for hydroxylation is 1. The number of hydrogen-bond donors (Lipinski definition) is 1. The largest absolute Gasteiger partial charge is 0.309 e. The number of imidazole rings is 1. The van der Waals surface area contributed by atoms with E-state index in [-0.39, 0.29) is 12.6 Å². The van der Waals surface area contributed by atoms with Gasteiger partial charge in [0.15, 0.2) is 0 Å². The molecule has 120 valence electrons. The number of halogens is 3. The molecule has 1 aliphatic rings. The van der Waals surface area contributed by atoms with Crippen LogP contribution in [-0.4, -0.2) is 33.4 Å². The molecule has 0 spiro atoms. The van der Waals surface area contributed by atoms with Crippen LogP contribution in [0.4, 0.5) is 8.78 Å². The molecule has 1 saturated carbocycles. The van der Waals surface area contributed by atoms with Crippen LogP contribution in [0.3, 0.4) is 0 Å². The highest BCUT2D eigenvalue weighted by Gasteiger charge is 2.26. The van der Waals surface area contributed by atoms with Gasteiger partial charge < -0.3 is 5.32 Å². The van der Waals surface area contributed by atoms with Crippen molar-refractivity contribution in [3.05, 3.63) is 28.5 Å². The quantitative estimate of drug-likeness (QED) is 0.889. The van der Waals surface area contributed by atoms with Gasteiger partial charge in [-0.05, 0) is 48.5 Å². The number of alkyl halides is 2. The SMILES string of the molecule is Cc1nccn2c1c(Br)nc2[C@H]1CC[C@H](NCC(F)F)CC1. The number of nitrogens with one attached hydrogen (secondary N) is 1. The lowest BCUT2D eigenvalue weighted by molar-refractivity contribution is 0.137. The minimum absolute atomic E-state index is 0.198. The number of aromatic nitrogens is 3. The van der Waals surface area contributed by atoms with E-state index in [0.717, 1.165) is 47.3 Å². The van der Waals surface area contributed by atoms with Crippen LogP contribution in [0.15, 0.2) is 17.0 Å². The van der Waals surface area contributed by atoms with E-state index in [1.54, 1.807) is 6.20 Å². The van der Waals surface area contributed by atoms with Gasteiger partial charge in [-0.2, -0.15) is 0 Å². The van der Waals surface area contributed by atoms with E-state index in [9.17, 15) is 8.78 Å². The van der Waals surface area contributed by atoms with Crippen molar-refractivity contribution in [3.63, 3.8) is 0 Å². The van der Waals surface area contributed by atoms with Gasteiger partial charge in [-0.3, -0.25) is 9.38 Å². The number of hydrogen-bond acceptors (Lipinski definition) is 3. The second-order valence-corrected chi connectivity index (χ2v) is 6.59. The smallest absolute Gasteiger partial charge is 0.250 e. The van der Waals surface area contributed by atoms with Crippen molar-refractivity contribution in [1.29, 1.82) is 0 Å². The molecule has 1 fully saturated rings. The first-order valence-electron chi connectivity index (χ1n) is 7.57. The molecule has 4 nitrogen and oxygen atoms in total. The zero-order chi connectivity index (χ0) is 15.7. The lowest BCUT2D eigenvalue weighted by atomic mass is 9.85. The molecule has 0 aliphatic heterocycles. The summed E-state index contributed by atoms with van der Waals surface area (Å²) in [5, 5.41) is 2.95. The molecule has 0 unspecified atom stereocenters. The predicted molar refractivity (Wildman–Crippen MR) is 84.4 cm³/mol. The maximum atomic E-state index is 12.3. The molecular weight excluding hydrogens is 354 g/mol. The molecule has 2 aromatic heterocycles. The summed E-state index contributed by atoms with van der Waals surface area (Å²) < 4.78 is 27.4. The van der Waals surface area contributed by atoms with Crippen LogP contribution in [0.2, 0.25) is 0 Å². The van der Waals surface area contributed by atoms with Crippen molar-refractivity contribution in [2.24, 2.45) is 0 Å². The van der Waals surface area contributed by atoms with Crippen LogP contribution >= 0.6 is 15.9 Å². The van der Waals surface area contributed by atoms with E-state index < -0.39 is 6.43 Å². The summed E-state index contributed by atoms with van der Waals surface area (Å²) in [5.41, 5.74) is 1.95. The van der Waals surface area contributed by atoms with E-state index in [2.05, 4.69) is 35.6 Å². The fraction of sp³-hybridized carbons (Fsp3) is 0.600. The first-order chi connectivity index (χ1) is 10.6. The Morgan fingerprint density at radius 2 is 2.09 bits per heavy atom. The Morgan fingerprint density at radius 3 is 2.77 bits per heavy atom. The number of nitrogens with zero attached hydrogens (tertiary/aromatic N) is 3. The Kier molecular flexibility index (Phi) is 4.73. The molecule has 2 aromatic rings. The molecule has 3 rings (SSSR count). The molecule has 1 N–H and O–H groups in total. The highest BCUT2D eigenvalue weighted by atomic mass is 79.9. The van der Waals surface area contributed by atoms with Crippen LogP contribution in [0.1, 0.15) is 43.1 Å². The van der Waals surface area contributed by atoms with Crippen LogP contribution in [0.25, 0.3) is 5.52 Å². The van der Waals surface area contributed by atoms with Crippen LogP contribution < -0.4 is 5.32 Å². The van der Waals surface area contributed by atoms with Crippen molar-refractivity contribution >= 4 is 21.4 Å². The highest BCUT2D eigenvalue weighted by molar-refractivity contribution is 9.10. The predicted octanol–water partition coefficient (Wildman–Crippen LogP) is 3.68. The number of fused-ring (bicyclic) bond motifs is 1. The van der Waals surface area contributed by atoms with Gasteiger partial charge in [-0.15, -0.1) is 0 Å². The van der Waals surface area contributed by atoms with Crippen LogP contribution in [0.5, 0.6) is 0 Å². The first-order valence-corrected chi connectivity index (χ1v) is 8.36. The summed E-state index contributed by atoms with van der Waals surface area (Å²) in [7, 11) is 0. The van der Waals surface area contributed by atoms with Gasteiger partial charge in [0.25, 0.3) is 6.43 Å². The summed E-state index contributed by atoms with van der Waals surface area (Å²) in [6.07, 6.45) is 5.20. The van der Waals surface area contributed by atoms with Crippen molar-refractivity contribution in [1.82, 2.24) is 19.7 Å². The third-order valence-electron chi connectivity index (χ3n) is 4.38. The molecular formula is C15H19BrF2N4. The Hall–Kier alpha value is -1.08. The molecule has 1 aliphatic carbocycles. The maximum Gasteiger partial charge on any atom is 0.250 e.